The normalized spacial score (nSPS) is 10.8. The number of hydrogen-bond donors (Lipinski definition) is 0. The van der Waals surface area contributed by atoms with E-state index in [1.807, 2.05) is 36.4 Å². The molecule has 0 unspecified atom stereocenters. The van der Waals surface area contributed by atoms with Crippen LogP contribution in [0.4, 0.5) is 0 Å². The number of carbonyl (C=O) groups is 1. The van der Waals surface area contributed by atoms with E-state index in [1.54, 1.807) is 37.4 Å². The minimum absolute atomic E-state index is 0.117. The molecule has 0 fully saturated rings. The quantitative estimate of drug-likeness (QED) is 0.383. The molecule has 0 aliphatic heterocycles. The van der Waals surface area contributed by atoms with Gasteiger partial charge < -0.3 is 13.9 Å². The molecule has 0 N–H and O–H groups in total. The van der Waals surface area contributed by atoms with Crippen LogP contribution in [0.1, 0.15) is 21.5 Å². The van der Waals surface area contributed by atoms with Crippen molar-refractivity contribution in [2.24, 2.45) is 0 Å². The van der Waals surface area contributed by atoms with Gasteiger partial charge >= 0.3 is 0 Å². The van der Waals surface area contributed by atoms with Crippen LogP contribution in [0.2, 0.25) is 5.02 Å². The fraction of sp³-hybridized carbons (Fsp3) is 0.0870. The number of methoxy groups -OCH3 is 1. The molecule has 4 aromatic rings. The van der Waals surface area contributed by atoms with Crippen LogP contribution in [0.3, 0.4) is 0 Å². The van der Waals surface area contributed by atoms with Gasteiger partial charge in [-0.3, -0.25) is 4.79 Å². The summed E-state index contributed by atoms with van der Waals surface area (Å²) in [5, 5.41) is 1.38. The molecule has 4 nitrogen and oxygen atoms in total. The zero-order chi connectivity index (χ0) is 19.5. The highest BCUT2D eigenvalue weighted by molar-refractivity contribution is 6.30. The van der Waals surface area contributed by atoms with E-state index >= 15 is 0 Å². The van der Waals surface area contributed by atoms with Gasteiger partial charge in [0.05, 0.1) is 12.7 Å². The van der Waals surface area contributed by atoms with Crippen molar-refractivity contribution in [1.29, 1.82) is 0 Å². The molecule has 0 saturated heterocycles. The lowest BCUT2D eigenvalue weighted by Crippen LogP contribution is -2.00. The van der Waals surface area contributed by atoms with Gasteiger partial charge in [0.1, 0.15) is 30.0 Å². The predicted molar refractivity (Wildman–Crippen MR) is 108 cm³/mol. The van der Waals surface area contributed by atoms with E-state index in [4.69, 9.17) is 25.5 Å². The molecule has 0 aliphatic carbocycles. The van der Waals surface area contributed by atoms with Crippen LogP contribution >= 0.6 is 11.6 Å². The summed E-state index contributed by atoms with van der Waals surface area (Å²) in [4.78, 5) is 12.9. The molecule has 0 spiro atoms. The van der Waals surface area contributed by atoms with Crippen molar-refractivity contribution in [3.05, 3.63) is 94.7 Å². The average Bonchev–Trinajstić information content (AvgIpc) is 3.15. The Balaban J connectivity index is 1.59. The molecule has 0 aliphatic rings. The molecule has 28 heavy (non-hydrogen) atoms. The van der Waals surface area contributed by atoms with Gasteiger partial charge in [0.2, 0.25) is 0 Å². The van der Waals surface area contributed by atoms with E-state index in [0.717, 1.165) is 5.56 Å². The van der Waals surface area contributed by atoms with Crippen molar-refractivity contribution < 1.29 is 18.7 Å². The predicted octanol–water partition coefficient (Wildman–Crippen LogP) is 5.90. The van der Waals surface area contributed by atoms with Crippen molar-refractivity contribution in [3.63, 3.8) is 0 Å². The number of ketones is 1. The number of furan rings is 1. The number of carbonyl (C=O) groups excluding carboxylic acids is 1. The van der Waals surface area contributed by atoms with Gasteiger partial charge in [-0.15, -0.1) is 0 Å². The molecule has 0 bridgehead atoms. The van der Waals surface area contributed by atoms with Gasteiger partial charge in [0, 0.05) is 16.0 Å². The van der Waals surface area contributed by atoms with E-state index in [9.17, 15) is 4.79 Å². The van der Waals surface area contributed by atoms with Gasteiger partial charge in [0.15, 0.2) is 5.78 Å². The van der Waals surface area contributed by atoms with Gasteiger partial charge in [-0.1, -0.05) is 23.7 Å². The zero-order valence-electron chi connectivity index (χ0n) is 15.1. The minimum atomic E-state index is -0.117. The van der Waals surface area contributed by atoms with E-state index < -0.39 is 0 Å². The highest BCUT2D eigenvalue weighted by Crippen LogP contribution is 2.28. The summed E-state index contributed by atoms with van der Waals surface area (Å²) in [5.74, 6) is 1.23. The van der Waals surface area contributed by atoms with Crippen LogP contribution in [0.15, 0.2) is 77.4 Å². The summed E-state index contributed by atoms with van der Waals surface area (Å²) in [6.45, 7) is 0.381. The third-order valence-electron chi connectivity index (χ3n) is 4.44. The van der Waals surface area contributed by atoms with E-state index in [0.29, 0.717) is 45.2 Å². The third kappa shape index (κ3) is 3.73. The first kappa shape index (κ1) is 18.1. The van der Waals surface area contributed by atoms with Gasteiger partial charge in [0.25, 0.3) is 0 Å². The Bertz CT molecular complexity index is 1130. The van der Waals surface area contributed by atoms with E-state index in [-0.39, 0.29) is 5.78 Å². The Morgan fingerprint density at radius 3 is 2.54 bits per heavy atom. The number of benzene rings is 3. The molecule has 5 heteroatoms. The van der Waals surface area contributed by atoms with Crippen LogP contribution in [0.25, 0.3) is 11.0 Å². The highest BCUT2D eigenvalue weighted by Gasteiger charge is 2.16. The smallest absolute Gasteiger partial charge is 0.196 e. The van der Waals surface area contributed by atoms with Gasteiger partial charge in [-0.25, -0.2) is 0 Å². The topological polar surface area (TPSA) is 48.7 Å². The second-order valence-electron chi connectivity index (χ2n) is 6.28. The molecular formula is C23H17ClO4. The lowest BCUT2D eigenvalue weighted by atomic mass is 10.0. The van der Waals surface area contributed by atoms with Gasteiger partial charge in [-0.05, 0) is 60.2 Å². The first-order chi connectivity index (χ1) is 13.6. The first-order valence-electron chi connectivity index (χ1n) is 8.71. The lowest BCUT2D eigenvalue weighted by Gasteiger charge is -2.07. The number of ether oxygens (including phenoxy) is 2. The van der Waals surface area contributed by atoms with Crippen molar-refractivity contribution in [2.45, 2.75) is 6.61 Å². The molecule has 140 valence electrons. The Hall–Kier alpha value is -3.24. The maximum absolute atomic E-state index is 12.9. The maximum atomic E-state index is 12.9. The minimum Gasteiger partial charge on any atom is -0.497 e. The molecule has 4 rings (SSSR count). The van der Waals surface area contributed by atoms with Crippen LogP contribution in [-0.4, -0.2) is 12.9 Å². The van der Waals surface area contributed by atoms with Crippen LogP contribution in [0.5, 0.6) is 11.5 Å². The number of rotatable bonds is 6. The second-order valence-corrected chi connectivity index (χ2v) is 6.72. The monoisotopic (exact) mass is 392 g/mol. The maximum Gasteiger partial charge on any atom is 0.196 e. The van der Waals surface area contributed by atoms with Gasteiger partial charge in [-0.2, -0.15) is 0 Å². The van der Waals surface area contributed by atoms with Crippen molar-refractivity contribution in [3.8, 4) is 11.5 Å². The molecule has 1 heterocycles. The first-order valence-corrected chi connectivity index (χ1v) is 9.09. The molecule has 0 amide bonds. The van der Waals surface area contributed by atoms with Crippen LogP contribution in [-0.2, 0) is 6.61 Å². The molecule has 3 aromatic carbocycles. The van der Waals surface area contributed by atoms with Crippen molar-refractivity contribution >= 4 is 28.4 Å². The summed E-state index contributed by atoms with van der Waals surface area (Å²) in [5.41, 5.74) is 2.66. The Kier molecular flexibility index (Phi) is 5.04. The summed E-state index contributed by atoms with van der Waals surface area (Å²) >= 11 is 6.01. The molecule has 0 atom stereocenters. The SMILES string of the molecule is COc1ccc(C(=O)c2coc3ccc(OCc4cccc(Cl)c4)cc23)cc1. The Morgan fingerprint density at radius 1 is 1.00 bits per heavy atom. The fourth-order valence-electron chi connectivity index (χ4n) is 2.97. The van der Waals surface area contributed by atoms with E-state index in [1.165, 1.54) is 6.26 Å². The number of hydrogen-bond acceptors (Lipinski definition) is 4. The van der Waals surface area contributed by atoms with Crippen molar-refractivity contribution in [1.82, 2.24) is 0 Å². The van der Waals surface area contributed by atoms with Crippen LogP contribution < -0.4 is 9.47 Å². The molecular weight excluding hydrogens is 376 g/mol. The summed E-state index contributed by atoms with van der Waals surface area (Å²) in [7, 11) is 1.59. The second kappa shape index (κ2) is 7.79. The average molecular weight is 393 g/mol. The fourth-order valence-corrected chi connectivity index (χ4v) is 3.18. The largest absolute Gasteiger partial charge is 0.497 e. The summed E-state index contributed by atoms with van der Waals surface area (Å²) in [6.07, 6.45) is 1.48. The van der Waals surface area contributed by atoms with E-state index in [2.05, 4.69) is 0 Å². The Labute approximate surface area is 167 Å². The number of fused-ring (bicyclic) bond motifs is 1. The molecule has 0 radical (unpaired) electrons. The molecule has 0 saturated carbocycles. The summed E-state index contributed by atoms with van der Waals surface area (Å²) in [6, 6.07) is 19.9. The Morgan fingerprint density at radius 2 is 1.79 bits per heavy atom. The zero-order valence-corrected chi connectivity index (χ0v) is 15.9. The van der Waals surface area contributed by atoms with Crippen molar-refractivity contribution in [2.75, 3.05) is 7.11 Å². The summed E-state index contributed by atoms with van der Waals surface area (Å²) < 4.78 is 16.6. The standard InChI is InChI=1S/C23H17ClO4/c1-26-18-7-5-16(6-8-18)23(25)21-14-28-22-10-9-19(12-20(21)22)27-13-15-3-2-4-17(24)11-15/h2-12,14H,13H2,1H3. The highest BCUT2D eigenvalue weighted by atomic mass is 35.5. The van der Waals surface area contributed by atoms with Crippen LogP contribution in [0, 0.1) is 0 Å². The molecule has 1 aromatic heterocycles. The third-order valence-corrected chi connectivity index (χ3v) is 4.67. The number of halogens is 1. The lowest BCUT2D eigenvalue weighted by molar-refractivity contribution is 0.103.